The Bertz CT molecular complexity index is 698. The minimum atomic E-state index is -0.711. The van der Waals surface area contributed by atoms with Crippen molar-refractivity contribution in [3.05, 3.63) is 22.3 Å². The van der Waals surface area contributed by atoms with Crippen LogP contribution < -0.4 is 4.90 Å². The molecule has 0 bridgehead atoms. The van der Waals surface area contributed by atoms with Crippen molar-refractivity contribution in [3.8, 4) is 0 Å². The summed E-state index contributed by atoms with van der Waals surface area (Å²) in [5, 5.41) is 12.1. The number of fused-ring (bicyclic) bond motifs is 1. The fourth-order valence-corrected chi connectivity index (χ4v) is 4.92. The van der Waals surface area contributed by atoms with Gasteiger partial charge in [0.1, 0.15) is 5.82 Å². The van der Waals surface area contributed by atoms with E-state index in [2.05, 4.69) is 9.88 Å². The molecule has 0 radical (unpaired) electrons. The summed E-state index contributed by atoms with van der Waals surface area (Å²) < 4.78 is 0. The van der Waals surface area contributed by atoms with Crippen LogP contribution in [0.25, 0.3) is 0 Å². The molecule has 3 aliphatic heterocycles. The molecule has 3 saturated heterocycles. The Balaban J connectivity index is 1.48. The molecule has 1 N–H and O–H groups in total. The molecule has 3 fully saturated rings. The maximum atomic E-state index is 12.7. The third-order valence-electron chi connectivity index (χ3n) is 6.01. The van der Waals surface area contributed by atoms with E-state index in [-0.39, 0.29) is 11.9 Å². The Kier molecular flexibility index (Phi) is 4.92. The number of nitrogens with zero attached hydrogens (tertiary/aromatic N) is 4. The van der Waals surface area contributed by atoms with Crippen LogP contribution in [0.2, 0.25) is 10.0 Å². The Hall–Kier alpha value is -1.24. The molecule has 0 aromatic carbocycles. The monoisotopic (exact) mass is 398 g/mol. The number of rotatable bonds is 1. The Labute approximate surface area is 163 Å². The first-order chi connectivity index (χ1) is 12.5. The molecule has 1 aromatic rings. The van der Waals surface area contributed by atoms with Gasteiger partial charge in [-0.25, -0.2) is 9.78 Å². The number of urea groups is 1. The van der Waals surface area contributed by atoms with Gasteiger partial charge in [0.15, 0.2) is 0 Å². The van der Waals surface area contributed by atoms with Crippen LogP contribution in [0.15, 0.2) is 12.3 Å². The number of likely N-dealkylation sites (tertiary alicyclic amines) is 2. The van der Waals surface area contributed by atoms with E-state index in [4.69, 9.17) is 23.2 Å². The summed E-state index contributed by atoms with van der Waals surface area (Å²) in [6, 6.07) is 1.81. The fourth-order valence-electron chi connectivity index (χ4n) is 4.42. The second-order valence-corrected chi connectivity index (χ2v) is 8.47. The highest BCUT2D eigenvalue weighted by atomic mass is 35.5. The standard InChI is InChI=1S/C18H24Cl2N4O2/c19-14-9-15(20)16(21-10-14)23-7-3-18(26)4-8-24(12-13(18)11-23)17(25)22-5-1-2-6-22/h9-10,13,26H,1-8,11-12H2/t13-,18-/m1/s1. The molecular formula is C18H24Cl2N4O2. The summed E-state index contributed by atoms with van der Waals surface area (Å²) >= 11 is 12.3. The van der Waals surface area contributed by atoms with E-state index >= 15 is 0 Å². The minimum Gasteiger partial charge on any atom is -0.389 e. The van der Waals surface area contributed by atoms with Crippen LogP contribution >= 0.6 is 23.2 Å². The summed E-state index contributed by atoms with van der Waals surface area (Å²) in [4.78, 5) is 23.0. The van der Waals surface area contributed by atoms with Crippen LogP contribution in [0.3, 0.4) is 0 Å². The largest absolute Gasteiger partial charge is 0.389 e. The van der Waals surface area contributed by atoms with Crippen molar-refractivity contribution in [3.63, 3.8) is 0 Å². The molecular weight excluding hydrogens is 375 g/mol. The molecule has 4 heterocycles. The van der Waals surface area contributed by atoms with E-state index in [0.29, 0.717) is 54.9 Å². The van der Waals surface area contributed by atoms with Crippen LogP contribution in [-0.4, -0.2) is 70.8 Å². The maximum absolute atomic E-state index is 12.7. The van der Waals surface area contributed by atoms with Crippen molar-refractivity contribution in [1.82, 2.24) is 14.8 Å². The number of carbonyl (C=O) groups is 1. The number of halogens is 2. The highest BCUT2D eigenvalue weighted by Crippen LogP contribution is 2.38. The van der Waals surface area contributed by atoms with E-state index in [1.54, 1.807) is 12.3 Å². The van der Waals surface area contributed by atoms with Crippen LogP contribution in [0.4, 0.5) is 10.6 Å². The van der Waals surface area contributed by atoms with E-state index in [1.807, 2.05) is 9.80 Å². The fraction of sp³-hybridized carbons (Fsp3) is 0.667. The highest BCUT2D eigenvalue weighted by molar-refractivity contribution is 6.36. The lowest BCUT2D eigenvalue weighted by Gasteiger charge is -2.50. The van der Waals surface area contributed by atoms with Crippen molar-refractivity contribution in [2.24, 2.45) is 5.92 Å². The zero-order valence-electron chi connectivity index (χ0n) is 14.7. The summed E-state index contributed by atoms with van der Waals surface area (Å²) in [7, 11) is 0. The number of hydrogen-bond acceptors (Lipinski definition) is 4. The number of carbonyl (C=O) groups excluding carboxylic acids is 1. The normalized spacial score (nSPS) is 29.0. The lowest BCUT2D eigenvalue weighted by molar-refractivity contribution is -0.0763. The first-order valence-electron chi connectivity index (χ1n) is 9.28. The van der Waals surface area contributed by atoms with E-state index in [9.17, 15) is 9.90 Å². The summed E-state index contributed by atoms with van der Waals surface area (Å²) in [5.74, 6) is 0.686. The van der Waals surface area contributed by atoms with Gasteiger partial charge < -0.3 is 19.8 Å². The van der Waals surface area contributed by atoms with E-state index in [0.717, 1.165) is 25.9 Å². The smallest absolute Gasteiger partial charge is 0.320 e. The molecule has 0 saturated carbocycles. The predicted molar refractivity (Wildman–Crippen MR) is 102 cm³/mol. The summed E-state index contributed by atoms with van der Waals surface area (Å²) in [5.41, 5.74) is -0.711. The number of pyridine rings is 1. The molecule has 2 atom stereocenters. The lowest BCUT2D eigenvalue weighted by Crippen LogP contribution is -2.62. The Morgan fingerprint density at radius 2 is 1.85 bits per heavy atom. The number of aromatic nitrogens is 1. The van der Waals surface area contributed by atoms with Gasteiger partial charge in [0.05, 0.1) is 15.6 Å². The number of anilines is 1. The number of amides is 2. The van der Waals surface area contributed by atoms with Crippen molar-refractivity contribution >= 4 is 35.1 Å². The van der Waals surface area contributed by atoms with Crippen molar-refractivity contribution in [1.29, 1.82) is 0 Å². The van der Waals surface area contributed by atoms with Gasteiger partial charge in [0, 0.05) is 51.4 Å². The molecule has 0 aliphatic carbocycles. The first-order valence-corrected chi connectivity index (χ1v) is 10.0. The van der Waals surface area contributed by atoms with Gasteiger partial charge in [-0.3, -0.25) is 0 Å². The Morgan fingerprint density at radius 1 is 1.12 bits per heavy atom. The van der Waals surface area contributed by atoms with Crippen LogP contribution in [0.5, 0.6) is 0 Å². The van der Waals surface area contributed by atoms with Crippen molar-refractivity contribution in [2.45, 2.75) is 31.3 Å². The number of hydrogen-bond donors (Lipinski definition) is 1. The average molecular weight is 399 g/mol. The second-order valence-electron chi connectivity index (χ2n) is 7.63. The summed E-state index contributed by atoms with van der Waals surface area (Å²) in [6.07, 6.45) is 5.05. The third-order valence-corrected chi connectivity index (χ3v) is 6.49. The van der Waals surface area contributed by atoms with Gasteiger partial charge >= 0.3 is 6.03 Å². The molecule has 4 rings (SSSR count). The predicted octanol–water partition coefficient (Wildman–Crippen LogP) is 2.87. The molecule has 0 spiro atoms. The molecule has 1 aromatic heterocycles. The maximum Gasteiger partial charge on any atom is 0.320 e. The third kappa shape index (κ3) is 3.35. The zero-order chi connectivity index (χ0) is 18.3. The molecule has 3 aliphatic rings. The molecule has 142 valence electrons. The van der Waals surface area contributed by atoms with E-state index in [1.165, 1.54) is 0 Å². The van der Waals surface area contributed by atoms with Gasteiger partial charge in [-0.05, 0) is 31.7 Å². The number of piperidine rings is 2. The van der Waals surface area contributed by atoms with Crippen LogP contribution in [0, 0.1) is 5.92 Å². The van der Waals surface area contributed by atoms with Crippen molar-refractivity contribution < 1.29 is 9.90 Å². The van der Waals surface area contributed by atoms with Crippen LogP contribution in [0.1, 0.15) is 25.7 Å². The molecule has 26 heavy (non-hydrogen) atoms. The minimum absolute atomic E-state index is 0.00917. The van der Waals surface area contributed by atoms with Crippen LogP contribution in [-0.2, 0) is 0 Å². The quantitative estimate of drug-likeness (QED) is 0.789. The second kappa shape index (κ2) is 7.06. The topological polar surface area (TPSA) is 59.9 Å². The average Bonchev–Trinajstić information content (AvgIpc) is 3.15. The Morgan fingerprint density at radius 3 is 2.58 bits per heavy atom. The molecule has 8 heteroatoms. The molecule has 0 unspecified atom stereocenters. The van der Waals surface area contributed by atoms with Gasteiger partial charge in [0.2, 0.25) is 0 Å². The molecule has 2 amide bonds. The lowest BCUT2D eigenvalue weighted by atomic mass is 9.75. The van der Waals surface area contributed by atoms with Crippen molar-refractivity contribution in [2.75, 3.05) is 44.2 Å². The van der Waals surface area contributed by atoms with Gasteiger partial charge in [0.25, 0.3) is 0 Å². The first kappa shape index (κ1) is 18.1. The zero-order valence-corrected chi connectivity index (χ0v) is 16.2. The van der Waals surface area contributed by atoms with E-state index < -0.39 is 5.60 Å². The summed E-state index contributed by atoms with van der Waals surface area (Å²) in [6.45, 7) is 4.23. The van der Waals surface area contributed by atoms with Gasteiger partial charge in [-0.1, -0.05) is 23.2 Å². The SMILES string of the molecule is O=C(N1CCCC1)N1CC[C@]2(O)CCN(c3ncc(Cl)cc3Cl)C[C@@H]2C1. The highest BCUT2D eigenvalue weighted by Gasteiger charge is 2.47. The van der Waals surface area contributed by atoms with Gasteiger partial charge in [-0.2, -0.15) is 0 Å². The molecule has 6 nitrogen and oxygen atoms in total. The number of aliphatic hydroxyl groups is 1. The van der Waals surface area contributed by atoms with Gasteiger partial charge in [-0.15, -0.1) is 0 Å².